The van der Waals surface area contributed by atoms with Gasteiger partial charge in [-0.1, -0.05) is 27.7 Å². The first kappa shape index (κ1) is 15.5. The number of anilines is 2. The summed E-state index contributed by atoms with van der Waals surface area (Å²) >= 11 is 0. The van der Waals surface area contributed by atoms with Crippen molar-refractivity contribution in [2.45, 2.75) is 46.6 Å². The first-order valence-corrected chi connectivity index (χ1v) is 6.96. The maximum Gasteiger partial charge on any atom is 0.242 e. The van der Waals surface area contributed by atoms with E-state index in [1.165, 1.54) is 6.33 Å². The molecule has 0 aromatic carbocycles. The molecular weight excluding hydrogens is 240 g/mol. The minimum atomic E-state index is 0.435. The molecule has 0 radical (unpaired) electrons. The molecule has 0 atom stereocenters. The number of aromatic nitrogens is 2. The molecule has 0 amide bonds. The standard InChI is InChI=1S/C14H26N4O/c1-6-11(7-2)18(8-10(3)4)13-12(15)14(19-5)17-9-16-13/h9-11H,6-8,15H2,1-5H3. The predicted octanol–water partition coefficient (Wildman–Crippen LogP) is 2.72. The molecule has 0 aliphatic carbocycles. The molecular formula is C14H26N4O. The maximum atomic E-state index is 6.13. The maximum absolute atomic E-state index is 6.13. The zero-order valence-corrected chi connectivity index (χ0v) is 12.7. The summed E-state index contributed by atoms with van der Waals surface area (Å²) in [6, 6.07) is 0.435. The van der Waals surface area contributed by atoms with Crippen LogP contribution in [-0.4, -0.2) is 29.7 Å². The molecule has 19 heavy (non-hydrogen) atoms. The minimum Gasteiger partial charge on any atom is -0.479 e. The van der Waals surface area contributed by atoms with E-state index in [1.54, 1.807) is 7.11 Å². The van der Waals surface area contributed by atoms with E-state index in [4.69, 9.17) is 10.5 Å². The van der Waals surface area contributed by atoms with Crippen LogP contribution in [0.3, 0.4) is 0 Å². The summed E-state index contributed by atoms with van der Waals surface area (Å²) in [4.78, 5) is 10.7. The van der Waals surface area contributed by atoms with Gasteiger partial charge in [0.25, 0.3) is 0 Å². The SMILES string of the molecule is CCC(CC)N(CC(C)C)c1ncnc(OC)c1N. The van der Waals surface area contributed by atoms with Gasteiger partial charge in [-0.15, -0.1) is 0 Å². The normalized spacial score (nSPS) is 11.1. The number of rotatable bonds is 7. The van der Waals surface area contributed by atoms with Crippen LogP contribution in [0.1, 0.15) is 40.5 Å². The van der Waals surface area contributed by atoms with Gasteiger partial charge in [0, 0.05) is 12.6 Å². The van der Waals surface area contributed by atoms with Crippen molar-refractivity contribution in [1.29, 1.82) is 0 Å². The molecule has 0 aliphatic heterocycles. The smallest absolute Gasteiger partial charge is 0.242 e. The van der Waals surface area contributed by atoms with E-state index >= 15 is 0 Å². The van der Waals surface area contributed by atoms with Crippen LogP contribution >= 0.6 is 0 Å². The Morgan fingerprint density at radius 2 is 1.89 bits per heavy atom. The van der Waals surface area contributed by atoms with Gasteiger partial charge in [0.15, 0.2) is 5.82 Å². The quantitative estimate of drug-likeness (QED) is 0.822. The Morgan fingerprint density at radius 3 is 2.37 bits per heavy atom. The van der Waals surface area contributed by atoms with Crippen molar-refractivity contribution in [2.24, 2.45) is 5.92 Å². The van der Waals surface area contributed by atoms with Gasteiger partial charge in [0.1, 0.15) is 12.0 Å². The molecule has 0 fully saturated rings. The highest BCUT2D eigenvalue weighted by Crippen LogP contribution is 2.30. The van der Waals surface area contributed by atoms with Gasteiger partial charge in [-0.25, -0.2) is 4.98 Å². The van der Waals surface area contributed by atoms with Crippen molar-refractivity contribution in [3.8, 4) is 5.88 Å². The largest absolute Gasteiger partial charge is 0.479 e. The van der Waals surface area contributed by atoms with Crippen LogP contribution in [0.25, 0.3) is 0 Å². The number of nitrogen functional groups attached to an aromatic ring is 1. The topological polar surface area (TPSA) is 64.3 Å². The van der Waals surface area contributed by atoms with Crippen LogP contribution < -0.4 is 15.4 Å². The van der Waals surface area contributed by atoms with Crippen molar-refractivity contribution in [1.82, 2.24) is 9.97 Å². The highest BCUT2D eigenvalue weighted by atomic mass is 16.5. The Balaban J connectivity index is 3.16. The first-order valence-electron chi connectivity index (χ1n) is 6.96. The van der Waals surface area contributed by atoms with E-state index in [0.29, 0.717) is 23.5 Å². The summed E-state index contributed by atoms with van der Waals surface area (Å²) in [5.41, 5.74) is 6.65. The van der Waals surface area contributed by atoms with E-state index in [1.807, 2.05) is 0 Å². The van der Waals surface area contributed by atoms with Gasteiger partial charge in [-0.05, 0) is 18.8 Å². The number of nitrogens with two attached hydrogens (primary N) is 1. The second kappa shape index (κ2) is 7.16. The summed E-state index contributed by atoms with van der Waals surface area (Å²) in [7, 11) is 1.58. The van der Waals surface area contributed by atoms with Gasteiger partial charge in [0.05, 0.1) is 7.11 Å². The van der Waals surface area contributed by atoms with Crippen LogP contribution in [0.15, 0.2) is 6.33 Å². The van der Waals surface area contributed by atoms with Crippen molar-refractivity contribution in [3.63, 3.8) is 0 Å². The monoisotopic (exact) mass is 266 g/mol. The fraction of sp³-hybridized carbons (Fsp3) is 0.714. The fourth-order valence-corrected chi connectivity index (χ4v) is 2.29. The summed E-state index contributed by atoms with van der Waals surface area (Å²) in [5.74, 6) is 1.78. The van der Waals surface area contributed by atoms with E-state index in [0.717, 1.165) is 25.2 Å². The van der Waals surface area contributed by atoms with E-state index in [9.17, 15) is 0 Å². The molecule has 1 aromatic rings. The van der Waals surface area contributed by atoms with Crippen LogP contribution in [0, 0.1) is 5.92 Å². The molecule has 0 unspecified atom stereocenters. The summed E-state index contributed by atoms with van der Waals surface area (Å²) in [6.45, 7) is 9.71. The lowest BCUT2D eigenvalue weighted by Gasteiger charge is -2.33. The Kier molecular flexibility index (Phi) is 5.86. The van der Waals surface area contributed by atoms with Crippen LogP contribution in [-0.2, 0) is 0 Å². The Hall–Kier alpha value is -1.52. The number of methoxy groups -OCH3 is 1. The zero-order chi connectivity index (χ0) is 14.4. The van der Waals surface area contributed by atoms with Crippen LogP contribution in [0.4, 0.5) is 11.5 Å². The number of hydrogen-bond donors (Lipinski definition) is 1. The molecule has 1 rings (SSSR count). The summed E-state index contributed by atoms with van der Waals surface area (Å²) in [6.07, 6.45) is 3.64. The van der Waals surface area contributed by atoms with Gasteiger partial charge < -0.3 is 15.4 Å². The van der Waals surface area contributed by atoms with Crippen molar-refractivity contribution >= 4 is 11.5 Å². The third-order valence-corrected chi connectivity index (χ3v) is 3.24. The van der Waals surface area contributed by atoms with Gasteiger partial charge in [0.2, 0.25) is 5.88 Å². The minimum absolute atomic E-state index is 0.435. The van der Waals surface area contributed by atoms with Crippen molar-refractivity contribution in [2.75, 3.05) is 24.3 Å². The predicted molar refractivity (Wildman–Crippen MR) is 79.6 cm³/mol. The second-order valence-corrected chi connectivity index (χ2v) is 5.14. The Morgan fingerprint density at radius 1 is 1.26 bits per heavy atom. The Labute approximate surface area is 116 Å². The van der Waals surface area contributed by atoms with Crippen LogP contribution in [0.5, 0.6) is 5.88 Å². The van der Waals surface area contributed by atoms with Gasteiger partial charge >= 0.3 is 0 Å². The first-order chi connectivity index (χ1) is 9.04. The van der Waals surface area contributed by atoms with Crippen molar-refractivity contribution in [3.05, 3.63) is 6.33 Å². The molecule has 0 spiro atoms. The number of nitrogens with zero attached hydrogens (tertiary/aromatic N) is 3. The van der Waals surface area contributed by atoms with E-state index in [-0.39, 0.29) is 0 Å². The summed E-state index contributed by atoms with van der Waals surface area (Å²) < 4.78 is 5.19. The highest BCUT2D eigenvalue weighted by molar-refractivity contribution is 5.68. The lowest BCUT2D eigenvalue weighted by Crippen LogP contribution is -2.38. The molecule has 0 saturated heterocycles. The average Bonchev–Trinajstić information content (AvgIpc) is 2.39. The Bertz CT molecular complexity index is 391. The molecule has 108 valence electrons. The average molecular weight is 266 g/mol. The third kappa shape index (κ3) is 3.72. The molecule has 1 heterocycles. The third-order valence-electron chi connectivity index (χ3n) is 3.24. The molecule has 5 heteroatoms. The van der Waals surface area contributed by atoms with Crippen molar-refractivity contribution < 1.29 is 4.74 Å². The second-order valence-electron chi connectivity index (χ2n) is 5.14. The molecule has 0 aliphatic rings. The van der Waals surface area contributed by atoms with E-state index in [2.05, 4.69) is 42.6 Å². The number of ether oxygens (including phenoxy) is 1. The van der Waals surface area contributed by atoms with Gasteiger partial charge in [-0.2, -0.15) is 4.98 Å². The van der Waals surface area contributed by atoms with Gasteiger partial charge in [-0.3, -0.25) is 0 Å². The molecule has 5 nitrogen and oxygen atoms in total. The zero-order valence-electron chi connectivity index (χ0n) is 12.7. The summed E-state index contributed by atoms with van der Waals surface area (Å²) in [5, 5.41) is 0. The molecule has 2 N–H and O–H groups in total. The van der Waals surface area contributed by atoms with E-state index < -0.39 is 0 Å². The molecule has 1 aromatic heterocycles. The van der Waals surface area contributed by atoms with Crippen LogP contribution in [0.2, 0.25) is 0 Å². The fourth-order valence-electron chi connectivity index (χ4n) is 2.29. The molecule has 0 bridgehead atoms. The highest BCUT2D eigenvalue weighted by Gasteiger charge is 2.22. The lowest BCUT2D eigenvalue weighted by molar-refractivity contribution is 0.398. The number of hydrogen-bond acceptors (Lipinski definition) is 5. The molecule has 0 saturated carbocycles. The lowest BCUT2D eigenvalue weighted by atomic mass is 10.1.